The molecule has 6 nitrogen and oxygen atoms in total. The lowest BCUT2D eigenvalue weighted by atomic mass is 10.2. The summed E-state index contributed by atoms with van der Waals surface area (Å²) >= 11 is 5.89. The molecular weight excluding hydrogens is 328 g/mol. The molecule has 2 rings (SSSR count). The van der Waals surface area contributed by atoms with Crippen LogP contribution in [0.25, 0.3) is 0 Å². The smallest absolute Gasteiger partial charge is 0.335 e. The number of aromatic carboxylic acids is 1. The first-order chi connectivity index (χ1) is 10.3. The molecule has 1 aromatic carbocycles. The summed E-state index contributed by atoms with van der Waals surface area (Å²) < 4.78 is 27.2. The number of benzene rings is 1. The lowest BCUT2D eigenvalue weighted by molar-refractivity contribution is 0.0696. The minimum atomic E-state index is -3.98. The number of sulfonamides is 1. The van der Waals surface area contributed by atoms with Crippen LogP contribution in [0.3, 0.4) is 0 Å². The molecule has 1 atom stereocenters. The quantitative estimate of drug-likeness (QED) is 0.871. The Morgan fingerprint density at radius 1 is 1.32 bits per heavy atom. The lowest BCUT2D eigenvalue weighted by Gasteiger charge is -2.14. The highest BCUT2D eigenvalue weighted by Crippen LogP contribution is 2.24. The maximum atomic E-state index is 12.4. The van der Waals surface area contributed by atoms with Crippen molar-refractivity contribution in [3.8, 4) is 0 Å². The van der Waals surface area contributed by atoms with Gasteiger partial charge in [-0.1, -0.05) is 17.7 Å². The number of rotatable bonds is 5. The standard InChI is InChI=1S/C14H13ClN2O4S/c1-9(12-4-2-3-7-16-12)17-22(20,21)13-8-10(14(18)19)5-6-11(13)15/h2-9,17H,1H3,(H,18,19)/t9-/m0/s1. The van der Waals surface area contributed by atoms with Gasteiger partial charge in [0.05, 0.1) is 22.3 Å². The first kappa shape index (κ1) is 16.4. The van der Waals surface area contributed by atoms with E-state index < -0.39 is 22.0 Å². The number of hydrogen-bond acceptors (Lipinski definition) is 4. The van der Waals surface area contributed by atoms with Crippen LogP contribution in [-0.4, -0.2) is 24.5 Å². The van der Waals surface area contributed by atoms with Gasteiger partial charge in [-0.05, 0) is 37.3 Å². The van der Waals surface area contributed by atoms with Crippen LogP contribution in [-0.2, 0) is 10.0 Å². The van der Waals surface area contributed by atoms with Crippen LogP contribution < -0.4 is 4.72 Å². The maximum Gasteiger partial charge on any atom is 0.335 e. The molecule has 0 aliphatic carbocycles. The first-order valence-corrected chi connectivity index (χ1v) is 8.13. The Labute approximate surface area is 132 Å². The van der Waals surface area contributed by atoms with Crippen LogP contribution in [0, 0.1) is 0 Å². The van der Waals surface area contributed by atoms with Crippen molar-refractivity contribution in [3.05, 3.63) is 58.9 Å². The molecule has 0 unspecified atom stereocenters. The Kier molecular flexibility index (Phi) is 4.80. The molecule has 0 aliphatic rings. The number of nitrogens with zero attached hydrogens (tertiary/aromatic N) is 1. The Morgan fingerprint density at radius 3 is 2.64 bits per heavy atom. The normalized spacial score (nSPS) is 12.8. The molecular formula is C14H13ClN2O4S. The number of carboxylic acids is 1. The molecule has 116 valence electrons. The fourth-order valence-corrected chi connectivity index (χ4v) is 3.57. The van der Waals surface area contributed by atoms with Gasteiger partial charge < -0.3 is 5.11 Å². The van der Waals surface area contributed by atoms with Gasteiger partial charge in [0.15, 0.2) is 0 Å². The highest BCUT2D eigenvalue weighted by Gasteiger charge is 2.23. The highest BCUT2D eigenvalue weighted by molar-refractivity contribution is 7.89. The lowest BCUT2D eigenvalue weighted by Crippen LogP contribution is -2.27. The van der Waals surface area contributed by atoms with E-state index in [1.54, 1.807) is 31.3 Å². The molecule has 22 heavy (non-hydrogen) atoms. The molecule has 0 aliphatic heterocycles. The first-order valence-electron chi connectivity index (χ1n) is 6.27. The van der Waals surface area contributed by atoms with Gasteiger partial charge in [-0.2, -0.15) is 0 Å². The van der Waals surface area contributed by atoms with Crippen molar-refractivity contribution < 1.29 is 18.3 Å². The van der Waals surface area contributed by atoms with Crippen molar-refractivity contribution in [1.82, 2.24) is 9.71 Å². The minimum absolute atomic E-state index is 0.0503. The second-order valence-corrected chi connectivity index (χ2v) is 6.64. The fourth-order valence-electron chi connectivity index (χ4n) is 1.83. The summed E-state index contributed by atoms with van der Waals surface area (Å²) in [5.41, 5.74) is 0.381. The Bertz CT molecular complexity index is 794. The van der Waals surface area contributed by atoms with Gasteiger partial charge in [0.2, 0.25) is 10.0 Å². The van der Waals surface area contributed by atoms with E-state index in [4.69, 9.17) is 16.7 Å². The summed E-state index contributed by atoms with van der Waals surface area (Å²) in [6, 6.07) is 8.07. The number of halogens is 1. The van der Waals surface area contributed by atoms with E-state index in [-0.39, 0.29) is 15.5 Å². The Morgan fingerprint density at radius 2 is 2.05 bits per heavy atom. The molecule has 0 fully saturated rings. The molecule has 1 aromatic heterocycles. The van der Waals surface area contributed by atoms with Gasteiger partial charge in [0.1, 0.15) is 4.90 Å². The van der Waals surface area contributed by atoms with Crippen LogP contribution in [0.15, 0.2) is 47.5 Å². The van der Waals surface area contributed by atoms with Gasteiger partial charge in [-0.25, -0.2) is 17.9 Å². The summed E-state index contributed by atoms with van der Waals surface area (Å²) in [6.45, 7) is 1.63. The van der Waals surface area contributed by atoms with E-state index in [2.05, 4.69) is 9.71 Å². The number of carbonyl (C=O) groups is 1. The summed E-state index contributed by atoms with van der Waals surface area (Å²) in [5.74, 6) is -1.23. The Hall–Kier alpha value is -1.96. The van der Waals surface area contributed by atoms with Crippen molar-refractivity contribution in [2.45, 2.75) is 17.9 Å². The monoisotopic (exact) mass is 340 g/mol. The van der Waals surface area contributed by atoms with Gasteiger partial charge in [0, 0.05) is 6.20 Å². The van der Waals surface area contributed by atoms with Gasteiger partial charge in [-0.15, -0.1) is 0 Å². The molecule has 0 bridgehead atoms. The van der Waals surface area contributed by atoms with Crippen LogP contribution in [0.2, 0.25) is 5.02 Å². The van der Waals surface area contributed by atoms with Crippen LogP contribution >= 0.6 is 11.6 Å². The zero-order chi connectivity index (χ0) is 16.3. The van der Waals surface area contributed by atoms with Gasteiger partial charge in [0.25, 0.3) is 0 Å². The van der Waals surface area contributed by atoms with Crippen molar-refractivity contribution in [1.29, 1.82) is 0 Å². The molecule has 0 spiro atoms. The van der Waals surface area contributed by atoms with E-state index in [0.29, 0.717) is 5.69 Å². The second-order valence-electron chi connectivity index (χ2n) is 4.55. The number of pyridine rings is 1. The molecule has 0 saturated heterocycles. The van der Waals surface area contributed by atoms with Crippen LogP contribution in [0.4, 0.5) is 0 Å². The molecule has 2 N–H and O–H groups in total. The predicted molar refractivity (Wildman–Crippen MR) is 81.4 cm³/mol. The van der Waals surface area contributed by atoms with Crippen molar-refractivity contribution in [3.63, 3.8) is 0 Å². The van der Waals surface area contributed by atoms with E-state index >= 15 is 0 Å². The van der Waals surface area contributed by atoms with E-state index in [0.717, 1.165) is 6.07 Å². The van der Waals surface area contributed by atoms with Crippen LogP contribution in [0.1, 0.15) is 29.0 Å². The average molecular weight is 341 g/mol. The van der Waals surface area contributed by atoms with Crippen molar-refractivity contribution in [2.75, 3.05) is 0 Å². The molecule has 0 saturated carbocycles. The molecule has 2 aromatic rings. The number of nitrogens with one attached hydrogen (secondary N) is 1. The van der Waals surface area contributed by atoms with E-state index in [9.17, 15) is 13.2 Å². The summed E-state index contributed by atoms with van der Waals surface area (Å²) in [5, 5.41) is 8.91. The van der Waals surface area contributed by atoms with E-state index in [1.165, 1.54) is 12.1 Å². The number of carboxylic acid groups (broad SMARTS) is 1. The Balaban J connectivity index is 2.35. The molecule has 0 radical (unpaired) electrons. The summed E-state index contributed by atoms with van der Waals surface area (Å²) in [7, 11) is -3.98. The summed E-state index contributed by atoms with van der Waals surface area (Å²) in [6.07, 6.45) is 1.55. The third-order valence-electron chi connectivity index (χ3n) is 2.93. The third-order valence-corrected chi connectivity index (χ3v) is 4.95. The highest BCUT2D eigenvalue weighted by atomic mass is 35.5. The van der Waals surface area contributed by atoms with Gasteiger partial charge in [-0.3, -0.25) is 4.98 Å². The molecule has 0 amide bonds. The minimum Gasteiger partial charge on any atom is -0.478 e. The average Bonchev–Trinajstić information content (AvgIpc) is 2.47. The molecule has 1 heterocycles. The number of hydrogen-bond donors (Lipinski definition) is 2. The maximum absolute atomic E-state index is 12.4. The zero-order valence-electron chi connectivity index (χ0n) is 11.5. The van der Waals surface area contributed by atoms with Gasteiger partial charge >= 0.3 is 5.97 Å². The number of aromatic nitrogens is 1. The molecule has 8 heteroatoms. The SMILES string of the molecule is C[C@H](NS(=O)(=O)c1cc(C(=O)O)ccc1Cl)c1ccccn1. The summed E-state index contributed by atoms with van der Waals surface area (Å²) in [4.78, 5) is 14.8. The fraction of sp³-hybridized carbons (Fsp3) is 0.143. The topological polar surface area (TPSA) is 96.4 Å². The van der Waals surface area contributed by atoms with Crippen molar-refractivity contribution >= 4 is 27.6 Å². The van der Waals surface area contributed by atoms with Crippen LogP contribution in [0.5, 0.6) is 0 Å². The largest absolute Gasteiger partial charge is 0.478 e. The predicted octanol–water partition coefficient (Wildman–Crippen LogP) is 2.47. The second kappa shape index (κ2) is 6.43. The third kappa shape index (κ3) is 3.62. The zero-order valence-corrected chi connectivity index (χ0v) is 13.1. The van der Waals surface area contributed by atoms with E-state index in [1.807, 2.05) is 0 Å². The van der Waals surface area contributed by atoms with Crippen molar-refractivity contribution in [2.24, 2.45) is 0 Å².